The lowest BCUT2D eigenvalue weighted by molar-refractivity contribution is -0.137. The van der Waals surface area contributed by atoms with Crippen molar-refractivity contribution in [2.24, 2.45) is 5.92 Å². The highest BCUT2D eigenvalue weighted by Crippen LogP contribution is 2.31. The molecule has 1 aromatic carbocycles. The summed E-state index contributed by atoms with van der Waals surface area (Å²) in [5.41, 5.74) is 0.333. The first-order chi connectivity index (χ1) is 8.27. The van der Waals surface area contributed by atoms with Gasteiger partial charge in [0, 0.05) is 6.04 Å². The molecule has 0 radical (unpaired) electrons. The van der Waals surface area contributed by atoms with E-state index in [0.29, 0.717) is 5.92 Å². The minimum Gasteiger partial charge on any atom is -0.316 e. The molecule has 1 N–H and O–H groups in total. The van der Waals surface area contributed by atoms with E-state index in [1.165, 1.54) is 0 Å². The lowest BCUT2D eigenvalue weighted by Crippen LogP contribution is -2.35. The normalized spacial score (nSPS) is 15.8. The smallest absolute Gasteiger partial charge is 0.316 e. The summed E-state index contributed by atoms with van der Waals surface area (Å²) < 4.78 is 37.4. The largest absolute Gasteiger partial charge is 0.416 e. The van der Waals surface area contributed by atoms with Gasteiger partial charge in [-0.2, -0.15) is 13.2 Å². The molecular formula is C14H20F3N. The number of halogens is 3. The minimum absolute atomic E-state index is 0.178. The lowest BCUT2D eigenvalue weighted by atomic mass is 9.86. The van der Waals surface area contributed by atoms with E-state index < -0.39 is 11.7 Å². The maximum absolute atomic E-state index is 12.5. The van der Waals surface area contributed by atoms with Gasteiger partial charge in [0.1, 0.15) is 0 Å². The molecular weight excluding hydrogens is 239 g/mol. The quantitative estimate of drug-likeness (QED) is 0.860. The molecule has 18 heavy (non-hydrogen) atoms. The summed E-state index contributed by atoms with van der Waals surface area (Å²) in [7, 11) is 1.88. The molecule has 1 rings (SSSR count). The number of hydrogen-bond acceptors (Lipinski definition) is 1. The Morgan fingerprint density at radius 3 is 1.83 bits per heavy atom. The molecule has 1 aromatic rings. The zero-order chi connectivity index (χ0) is 13.9. The van der Waals surface area contributed by atoms with Crippen molar-refractivity contribution in [3.8, 4) is 0 Å². The Kier molecular flexibility index (Phi) is 4.79. The molecule has 0 aliphatic rings. The van der Waals surface area contributed by atoms with E-state index in [1.54, 1.807) is 12.1 Å². The predicted octanol–water partition coefficient (Wildman–Crippen LogP) is 4.05. The standard InChI is InChI=1S/C14H20F3N/c1-9(2)13(18-4)10(3)11-5-7-12(8-6-11)14(15,16)17/h5-10,13,18H,1-4H3. The van der Waals surface area contributed by atoms with Crippen molar-refractivity contribution in [1.29, 1.82) is 0 Å². The van der Waals surface area contributed by atoms with Crippen LogP contribution in [0.25, 0.3) is 0 Å². The number of alkyl halides is 3. The number of nitrogens with one attached hydrogen (secondary N) is 1. The van der Waals surface area contributed by atoms with Gasteiger partial charge < -0.3 is 5.32 Å². The van der Waals surface area contributed by atoms with Crippen molar-refractivity contribution in [1.82, 2.24) is 5.32 Å². The average molecular weight is 259 g/mol. The highest BCUT2D eigenvalue weighted by molar-refractivity contribution is 5.27. The monoisotopic (exact) mass is 259 g/mol. The third kappa shape index (κ3) is 3.48. The van der Waals surface area contributed by atoms with Crippen molar-refractivity contribution in [3.05, 3.63) is 35.4 Å². The molecule has 1 nitrogen and oxygen atoms in total. The van der Waals surface area contributed by atoms with E-state index in [9.17, 15) is 13.2 Å². The molecule has 2 atom stereocenters. The highest BCUT2D eigenvalue weighted by atomic mass is 19.4. The summed E-state index contributed by atoms with van der Waals surface area (Å²) in [5.74, 6) is 0.601. The second-order valence-electron chi connectivity index (χ2n) is 4.97. The molecule has 0 aliphatic carbocycles. The zero-order valence-electron chi connectivity index (χ0n) is 11.2. The lowest BCUT2D eigenvalue weighted by Gasteiger charge is -2.27. The van der Waals surface area contributed by atoms with Gasteiger partial charge >= 0.3 is 6.18 Å². The molecule has 4 heteroatoms. The van der Waals surface area contributed by atoms with Crippen LogP contribution >= 0.6 is 0 Å². The highest BCUT2D eigenvalue weighted by Gasteiger charge is 2.30. The topological polar surface area (TPSA) is 12.0 Å². The number of likely N-dealkylation sites (N-methyl/N-ethyl adjacent to an activating group) is 1. The van der Waals surface area contributed by atoms with Gasteiger partial charge in [0.2, 0.25) is 0 Å². The second kappa shape index (κ2) is 5.74. The third-order valence-corrected chi connectivity index (χ3v) is 3.35. The zero-order valence-corrected chi connectivity index (χ0v) is 11.2. The summed E-state index contributed by atoms with van der Waals surface area (Å²) in [6, 6.07) is 5.69. The van der Waals surface area contributed by atoms with Gasteiger partial charge in [-0.05, 0) is 36.6 Å². The van der Waals surface area contributed by atoms with Crippen LogP contribution in [0, 0.1) is 5.92 Å². The van der Waals surface area contributed by atoms with E-state index in [2.05, 4.69) is 19.2 Å². The Hall–Kier alpha value is -1.03. The summed E-state index contributed by atoms with van der Waals surface area (Å²) in [4.78, 5) is 0. The average Bonchev–Trinajstić information content (AvgIpc) is 2.28. The summed E-state index contributed by atoms with van der Waals surface area (Å²) in [6.45, 7) is 6.23. The molecule has 0 saturated carbocycles. The molecule has 0 aliphatic heterocycles. The van der Waals surface area contributed by atoms with Gasteiger partial charge in [-0.3, -0.25) is 0 Å². The maximum atomic E-state index is 12.5. The van der Waals surface area contributed by atoms with Crippen LogP contribution in [-0.4, -0.2) is 13.1 Å². The van der Waals surface area contributed by atoms with Crippen molar-refractivity contribution in [3.63, 3.8) is 0 Å². The first-order valence-electron chi connectivity index (χ1n) is 6.11. The fourth-order valence-corrected chi connectivity index (χ4v) is 2.34. The third-order valence-electron chi connectivity index (χ3n) is 3.35. The number of hydrogen-bond donors (Lipinski definition) is 1. The maximum Gasteiger partial charge on any atom is 0.416 e. The second-order valence-corrected chi connectivity index (χ2v) is 4.97. The van der Waals surface area contributed by atoms with Crippen LogP contribution in [0.1, 0.15) is 37.8 Å². The Balaban J connectivity index is 2.91. The number of rotatable bonds is 4. The Bertz CT molecular complexity index is 368. The van der Waals surface area contributed by atoms with Crippen molar-refractivity contribution < 1.29 is 13.2 Å². The van der Waals surface area contributed by atoms with E-state index in [-0.39, 0.29) is 12.0 Å². The first kappa shape index (κ1) is 15.0. The van der Waals surface area contributed by atoms with Crippen LogP contribution in [0.3, 0.4) is 0 Å². The van der Waals surface area contributed by atoms with E-state index in [0.717, 1.165) is 17.7 Å². The van der Waals surface area contributed by atoms with Crippen molar-refractivity contribution >= 4 is 0 Å². The summed E-state index contributed by atoms with van der Waals surface area (Å²) >= 11 is 0. The number of benzene rings is 1. The molecule has 102 valence electrons. The Labute approximate surface area is 106 Å². The summed E-state index contributed by atoms with van der Waals surface area (Å²) in [6.07, 6.45) is -4.26. The van der Waals surface area contributed by atoms with E-state index in [4.69, 9.17) is 0 Å². The fraction of sp³-hybridized carbons (Fsp3) is 0.571. The van der Waals surface area contributed by atoms with Gasteiger partial charge in [-0.15, -0.1) is 0 Å². The Morgan fingerprint density at radius 2 is 1.50 bits per heavy atom. The van der Waals surface area contributed by atoms with Crippen molar-refractivity contribution in [2.75, 3.05) is 7.05 Å². The first-order valence-corrected chi connectivity index (χ1v) is 6.11. The van der Waals surface area contributed by atoms with Gasteiger partial charge in [0.15, 0.2) is 0 Å². The fourth-order valence-electron chi connectivity index (χ4n) is 2.34. The molecule has 2 unspecified atom stereocenters. The molecule has 0 saturated heterocycles. The molecule has 0 amide bonds. The van der Waals surface area contributed by atoms with Gasteiger partial charge in [0.05, 0.1) is 5.56 Å². The predicted molar refractivity (Wildman–Crippen MR) is 67.5 cm³/mol. The molecule has 0 aromatic heterocycles. The Morgan fingerprint density at radius 1 is 1.00 bits per heavy atom. The van der Waals surface area contributed by atoms with Crippen LogP contribution < -0.4 is 5.32 Å². The SMILES string of the molecule is CNC(C(C)C)C(C)c1ccc(C(F)(F)F)cc1. The van der Waals surface area contributed by atoms with Gasteiger partial charge in [0.25, 0.3) is 0 Å². The molecule has 0 fully saturated rings. The van der Waals surface area contributed by atoms with E-state index in [1.807, 2.05) is 14.0 Å². The van der Waals surface area contributed by atoms with Crippen LogP contribution in [-0.2, 0) is 6.18 Å². The van der Waals surface area contributed by atoms with Crippen LogP contribution in [0.15, 0.2) is 24.3 Å². The van der Waals surface area contributed by atoms with Crippen LogP contribution in [0.2, 0.25) is 0 Å². The van der Waals surface area contributed by atoms with Crippen LogP contribution in [0.4, 0.5) is 13.2 Å². The molecule has 0 bridgehead atoms. The molecule has 0 spiro atoms. The minimum atomic E-state index is -4.26. The van der Waals surface area contributed by atoms with Crippen LogP contribution in [0.5, 0.6) is 0 Å². The summed E-state index contributed by atoms with van der Waals surface area (Å²) in [5, 5.41) is 3.22. The van der Waals surface area contributed by atoms with Gasteiger partial charge in [-0.25, -0.2) is 0 Å². The van der Waals surface area contributed by atoms with E-state index >= 15 is 0 Å². The van der Waals surface area contributed by atoms with Gasteiger partial charge in [-0.1, -0.05) is 32.9 Å². The van der Waals surface area contributed by atoms with Crippen molar-refractivity contribution in [2.45, 2.75) is 38.9 Å². The molecule has 0 heterocycles.